The third kappa shape index (κ3) is 2.56. The van der Waals surface area contributed by atoms with E-state index in [2.05, 4.69) is 46.0 Å². The van der Waals surface area contributed by atoms with Crippen LogP contribution < -0.4 is 10.8 Å². The van der Waals surface area contributed by atoms with E-state index in [0.717, 1.165) is 30.4 Å². The van der Waals surface area contributed by atoms with Crippen LogP contribution in [0.4, 0.5) is 5.69 Å². The molecule has 1 aromatic rings. The van der Waals surface area contributed by atoms with Gasteiger partial charge in [-0.2, -0.15) is 0 Å². The van der Waals surface area contributed by atoms with Crippen LogP contribution in [-0.2, 0) is 4.84 Å². The average molecular weight is 285 g/mol. The Morgan fingerprint density at radius 3 is 3.00 bits per heavy atom. The Balaban J connectivity index is 2.16. The van der Waals surface area contributed by atoms with Gasteiger partial charge in [0.2, 0.25) is 0 Å². The first-order valence-electron chi connectivity index (χ1n) is 5.57. The van der Waals surface area contributed by atoms with Crippen LogP contribution in [0.1, 0.15) is 18.4 Å². The van der Waals surface area contributed by atoms with Gasteiger partial charge in [0.15, 0.2) is 0 Å². The van der Waals surface area contributed by atoms with Crippen molar-refractivity contribution in [3.63, 3.8) is 0 Å². The minimum absolute atomic E-state index is 0.164. The highest BCUT2D eigenvalue weighted by Crippen LogP contribution is 2.26. The average Bonchev–Trinajstić information content (AvgIpc) is 2.29. The smallest absolute Gasteiger partial charge is 0.0962 e. The van der Waals surface area contributed by atoms with Gasteiger partial charge in [0.25, 0.3) is 0 Å². The SMILES string of the molecule is Cc1cc(Br)ccc1N1CCCC(ON)C1. The van der Waals surface area contributed by atoms with Crippen LogP contribution in [0.5, 0.6) is 0 Å². The molecule has 2 N–H and O–H groups in total. The summed E-state index contributed by atoms with van der Waals surface area (Å²) >= 11 is 3.48. The van der Waals surface area contributed by atoms with E-state index in [4.69, 9.17) is 10.7 Å². The second-order valence-electron chi connectivity index (χ2n) is 4.28. The van der Waals surface area contributed by atoms with E-state index in [1.807, 2.05) is 0 Å². The van der Waals surface area contributed by atoms with Crippen LogP contribution in [0.3, 0.4) is 0 Å². The first-order valence-corrected chi connectivity index (χ1v) is 6.36. The van der Waals surface area contributed by atoms with Gasteiger partial charge in [-0.25, -0.2) is 5.90 Å². The summed E-state index contributed by atoms with van der Waals surface area (Å²) in [5, 5.41) is 0. The number of piperidine rings is 1. The number of hydrogen-bond donors (Lipinski definition) is 1. The lowest BCUT2D eigenvalue weighted by Gasteiger charge is -2.34. The fourth-order valence-corrected chi connectivity index (χ4v) is 2.72. The molecule has 1 aliphatic rings. The van der Waals surface area contributed by atoms with Crippen LogP contribution in [0.2, 0.25) is 0 Å². The monoisotopic (exact) mass is 284 g/mol. The molecule has 0 saturated carbocycles. The van der Waals surface area contributed by atoms with Crippen molar-refractivity contribution in [1.29, 1.82) is 0 Å². The molecule has 1 aromatic carbocycles. The molecule has 0 aromatic heterocycles. The summed E-state index contributed by atoms with van der Waals surface area (Å²) in [5.41, 5.74) is 2.57. The Kier molecular flexibility index (Phi) is 3.84. The molecule has 1 saturated heterocycles. The van der Waals surface area contributed by atoms with E-state index in [0.29, 0.717) is 0 Å². The van der Waals surface area contributed by atoms with Crippen molar-refractivity contribution in [2.24, 2.45) is 5.90 Å². The lowest BCUT2D eigenvalue weighted by molar-refractivity contribution is 0.0434. The van der Waals surface area contributed by atoms with Gasteiger partial charge < -0.3 is 4.90 Å². The minimum Gasteiger partial charge on any atom is -0.369 e. The number of hydrogen-bond acceptors (Lipinski definition) is 3. The van der Waals surface area contributed by atoms with Gasteiger partial charge in [0.1, 0.15) is 0 Å². The third-order valence-corrected chi connectivity index (χ3v) is 3.56. The second kappa shape index (κ2) is 5.17. The molecule has 1 fully saturated rings. The van der Waals surface area contributed by atoms with Gasteiger partial charge in [-0.15, -0.1) is 0 Å². The van der Waals surface area contributed by atoms with Crippen molar-refractivity contribution in [3.05, 3.63) is 28.2 Å². The number of rotatable bonds is 2. The molecule has 4 heteroatoms. The van der Waals surface area contributed by atoms with Gasteiger partial charge in [-0.3, -0.25) is 4.84 Å². The summed E-state index contributed by atoms with van der Waals surface area (Å²) < 4.78 is 1.12. The Hall–Kier alpha value is -0.580. The van der Waals surface area contributed by atoms with Crippen LogP contribution >= 0.6 is 15.9 Å². The quantitative estimate of drug-likeness (QED) is 0.849. The molecule has 0 radical (unpaired) electrons. The molecular formula is C12H17BrN2O. The molecule has 1 aliphatic heterocycles. The van der Waals surface area contributed by atoms with E-state index in [9.17, 15) is 0 Å². The molecule has 3 nitrogen and oxygen atoms in total. The summed E-state index contributed by atoms with van der Waals surface area (Å²) in [6, 6.07) is 6.37. The zero-order valence-corrected chi connectivity index (χ0v) is 11.0. The molecule has 1 unspecified atom stereocenters. The summed E-state index contributed by atoms with van der Waals surface area (Å²) in [4.78, 5) is 7.31. The van der Waals surface area contributed by atoms with E-state index in [-0.39, 0.29) is 6.10 Å². The molecule has 1 atom stereocenters. The Bertz CT molecular complexity index is 370. The largest absolute Gasteiger partial charge is 0.369 e. The minimum atomic E-state index is 0.164. The highest BCUT2D eigenvalue weighted by atomic mass is 79.9. The summed E-state index contributed by atoms with van der Waals surface area (Å²) in [5.74, 6) is 5.27. The van der Waals surface area contributed by atoms with E-state index in [1.165, 1.54) is 11.3 Å². The first-order chi connectivity index (χ1) is 7.70. The predicted octanol–water partition coefficient (Wildman–Crippen LogP) is 2.62. The summed E-state index contributed by atoms with van der Waals surface area (Å²) in [6.45, 7) is 4.11. The summed E-state index contributed by atoms with van der Waals surface area (Å²) in [6.07, 6.45) is 2.36. The number of halogens is 1. The number of aryl methyl sites for hydroxylation is 1. The predicted molar refractivity (Wildman–Crippen MR) is 69.4 cm³/mol. The zero-order valence-electron chi connectivity index (χ0n) is 9.45. The molecule has 16 heavy (non-hydrogen) atoms. The Morgan fingerprint density at radius 1 is 1.50 bits per heavy atom. The van der Waals surface area contributed by atoms with Crippen molar-refractivity contribution in [1.82, 2.24) is 0 Å². The highest BCUT2D eigenvalue weighted by molar-refractivity contribution is 9.10. The first kappa shape index (κ1) is 11.9. The molecule has 2 rings (SSSR count). The van der Waals surface area contributed by atoms with Crippen molar-refractivity contribution in [2.75, 3.05) is 18.0 Å². The summed E-state index contributed by atoms with van der Waals surface area (Å²) in [7, 11) is 0. The van der Waals surface area contributed by atoms with Gasteiger partial charge in [-0.1, -0.05) is 15.9 Å². The molecule has 0 amide bonds. The van der Waals surface area contributed by atoms with Crippen molar-refractivity contribution >= 4 is 21.6 Å². The van der Waals surface area contributed by atoms with Gasteiger partial charge in [0, 0.05) is 23.2 Å². The van der Waals surface area contributed by atoms with Crippen molar-refractivity contribution in [3.8, 4) is 0 Å². The molecular weight excluding hydrogens is 268 g/mol. The van der Waals surface area contributed by atoms with Crippen LogP contribution in [0.25, 0.3) is 0 Å². The molecule has 0 spiro atoms. The second-order valence-corrected chi connectivity index (χ2v) is 5.19. The van der Waals surface area contributed by atoms with Gasteiger partial charge in [0.05, 0.1) is 6.10 Å². The van der Waals surface area contributed by atoms with Crippen LogP contribution in [-0.4, -0.2) is 19.2 Å². The fourth-order valence-electron chi connectivity index (χ4n) is 2.24. The van der Waals surface area contributed by atoms with Gasteiger partial charge >= 0.3 is 0 Å². The Labute approximate surface area is 105 Å². The maximum absolute atomic E-state index is 5.27. The molecule has 88 valence electrons. The number of benzene rings is 1. The zero-order chi connectivity index (χ0) is 11.5. The third-order valence-electron chi connectivity index (χ3n) is 3.07. The van der Waals surface area contributed by atoms with Crippen LogP contribution in [0, 0.1) is 6.92 Å². The maximum atomic E-state index is 5.27. The number of nitrogens with zero attached hydrogens (tertiary/aromatic N) is 1. The fraction of sp³-hybridized carbons (Fsp3) is 0.500. The van der Waals surface area contributed by atoms with E-state index < -0.39 is 0 Å². The Morgan fingerprint density at radius 2 is 2.31 bits per heavy atom. The standard InChI is InChI=1S/C12H17BrN2O/c1-9-7-10(13)4-5-12(9)15-6-2-3-11(8-15)16-14/h4-5,7,11H,2-3,6,8,14H2,1H3. The lowest BCUT2D eigenvalue weighted by atomic mass is 10.1. The van der Waals surface area contributed by atoms with E-state index >= 15 is 0 Å². The normalized spacial score (nSPS) is 21.2. The molecule has 0 aliphatic carbocycles. The topological polar surface area (TPSA) is 38.5 Å². The van der Waals surface area contributed by atoms with Crippen LogP contribution in [0.15, 0.2) is 22.7 Å². The maximum Gasteiger partial charge on any atom is 0.0962 e. The number of nitrogens with two attached hydrogens (primary N) is 1. The van der Waals surface area contributed by atoms with E-state index in [1.54, 1.807) is 0 Å². The lowest BCUT2D eigenvalue weighted by Crippen LogP contribution is -2.41. The van der Waals surface area contributed by atoms with Gasteiger partial charge in [-0.05, 0) is 43.5 Å². The van der Waals surface area contributed by atoms with Crippen molar-refractivity contribution < 1.29 is 4.84 Å². The molecule has 1 heterocycles. The highest BCUT2D eigenvalue weighted by Gasteiger charge is 2.21. The van der Waals surface area contributed by atoms with Crippen molar-refractivity contribution in [2.45, 2.75) is 25.9 Å². The molecule has 0 bridgehead atoms. The number of anilines is 1.